The minimum absolute atomic E-state index is 0.389. The first kappa shape index (κ1) is 24.9. The summed E-state index contributed by atoms with van der Waals surface area (Å²) in [5, 5.41) is 0. The Hall–Kier alpha value is -3.15. The third kappa shape index (κ3) is 5.47. The van der Waals surface area contributed by atoms with E-state index >= 15 is 0 Å². The molecule has 0 radical (unpaired) electrons. The Morgan fingerprint density at radius 1 is 0.467 bits per heavy atom. The summed E-state index contributed by atoms with van der Waals surface area (Å²) in [5.74, 6) is 0. The van der Waals surface area contributed by atoms with Crippen LogP contribution in [-0.2, 0) is 0 Å². The molecule has 6 heteroatoms. The van der Waals surface area contributed by atoms with Gasteiger partial charge >= 0.3 is 17.1 Å². The van der Waals surface area contributed by atoms with Crippen LogP contribution >= 0.6 is 0 Å². The lowest BCUT2D eigenvalue weighted by atomic mass is 10.1. The number of aromatic nitrogens is 3. The molecule has 0 bridgehead atoms. The van der Waals surface area contributed by atoms with Gasteiger partial charge in [-0.1, -0.05) is 36.5 Å². The van der Waals surface area contributed by atoms with Crippen molar-refractivity contribution in [1.29, 1.82) is 0 Å². The molecule has 0 aliphatic rings. The molecule has 0 aliphatic heterocycles. The molecular formula is C24H33N3O3. The van der Waals surface area contributed by atoms with E-state index in [1.807, 2.05) is 0 Å². The second-order valence-electron chi connectivity index (χ2n) is 7.07. The molecule has 6 nitrogen and oxygen atoms in total. The quantitative estimate of drug-likeness (QED) is 0.405. The Labute approximate surface area is 178 Å². The molecule has 1 rings (SSSR count). The standard InChI is InChI=1S/C24H33N3O3/c1-7-13-19(14-8-2)25-22(28)26(20(15-9-3)16-10-4)24(30)27(23(25)29)21(17-11-5)18-12-6/h7-12,19-21H,1-6,13-18H2. The van der Waals surface area contributed by atoms with Crippen molar-refractivity contribution in [3.05, 3.63) is 107 Å². The van der Waals surface area contributed by atoms with Crippen LogP contribution in [0, 0.1) is 0 Å². The number of rotatable bonds is 15. The van der Waals surface area contributed by atoms with Crippen LogP contribution in [0.3, 0.4) is 0 Å². The Balaban J connectivity index is 4.07. The van der Waals surface area contributed by atoms with Crippen LogP contribution in [0.2, 0.25) is 0 Å². The van der Waals surface area contributed by atoms with Crippen LogP contribution in [0.1, 0.15) is 56.7 Å². The molecule has 0 aliphatic carbocycles. The molecule has 0 saturated carbocycles. The Bertz CT molecular complexity index is 777. The second-order valence-corrected chi connectivity index (χ2v) is 7.07. The zero-order chi connectivity index (χ0) is 22.7. The van der Waals surface area contributed by atoms with Crippen LogP contribution in [0.15, 0.2) is 90.3 Å². The van der Waals surface area contributed by atoms with Crippen molar-refractivity contribution in [1.82, 2.24) is 13.7 Å². The summed E-state index contributed by atoms with van der Waals surface area (Å²) in [4.78, 5) is 40.3. The number of hydrogen-bond acceptors (Lipinski definition) is 3. The van der Waals surface area contributed by atoms with Gasteiger partial charge in [0.05, 0.1) is 18.1 Å². The average Bonchev–Trinajstić information content (AvgIpc) is 2.69. The van der Waals surface area contributed by atoms with E-state index in [1.54, 1.807) is 36.5 Å². The maximum Gasteiger partial charge on any atom is 0.336 e. The van der Waals surface area contributed by atoms with Gasteiger partial charge in [0.2, 0.25) is 0 Å². The zero-order valence-corrected chi connectivity index (χ0v) is 17.7. The van der Waals surface area contributed by atoms with Crippen LogP contribution in [0.4, 0.5) is 0 Å². The molecular weight excluding hydrogens is 378 g/mol. The van der Waals surface area contributed by atoms with Crippen LogP contribution in [0.25, 0.3) is 0 Å². The summed E-state index contributed by atoms with van der Waals surface area (Å²) in [6, 6.07) is -1.46. The topological polar surface area (TPSA) is 66.0 Å². The van der Waals surface area contributed by atoms with Gasteiger partial charge < -0.3 is 0 Å². The molecule has 30 heavy (non-hydrogen) atoms. The van der Waals surface area contributed by atoms with Gasteiger partial charge in [-0.15, -0.1) is 39.5 Å². The molecule has 0 saturated heterocycles. The summed E-state index contributed by atoms with van der Waals surface area (Å²) >= 11 is 0. The van der Waals surface area contributed by atoms with E-state index < -0.39 is 35.2 Å². The molecule has 1 heterocycles. The Morgan fingerprint density at radius 2 is 0.633 bits per heavy atom. The first-order chi connectivity index (χ1) is 14.4. The summed E-state index contributed by atoms with van der Waals surface area (Å²) in [6.45, 7) is 22.4. The molecule has 0 atom stereocenters. The monoisotopic (exact) mass is 411 g/mol. The van der Waals surface area contributed by atoms with Gasteiger partial charge in [0.1, 0.15) is 0 Å². The normalized spacial score (nSPS) is 10.9. The molecule has 0 spiro atoms. The summed E-state index contributed by atoms with van der Waals surface area (Å²) in [5.41, 5.74) is -1.92. The van der Waals surface area contributed by atoms with Gasteiger partial charge in [-0.05, 0) is 38.5 Å². The Morgan fingerprint density at radius 3 is 0.767 bits per heavy atom. The smallest absolute Gasteiger partial charge is 0.247 e. The SMILES string of the molecule is C=CCC(CC=C)n1c(=O)n(C(CC=C)CC=C)c(=O)n(C(CC=C)CC=C)c1=O. The first-order valence-corrected chi connectivity index (χ1v) is 10.1. The van der Waals surface area contributed by atoms with Gasteiger partial charge in [-0.25, -0.2) is 28.1 Å². The lowest BCUT2D eigenvalue weighted by Crippen LogP contribution is -2.57. The molecule has 0 aromatic carbocycles. The first-order valence-electron chi connectivity index (χ1n) is 10.1. The lowest BCUT2D eigenvalue weighted by Gasteiger charge is -2.25. The van der Waals surface area contributed by atoms with Crippen molar-refractivity contribution in [3.63, 3.8) is 0 Å². The van der Waals surface area contributed by atoms with Crippen molar-refractivity contribution >= 4 is 0 Å². The molecule has 0 unspecified atom stereocenters. The summed E-state index contributed by atoms with van der Waals surface area (Å²) in [6.07, 6.45) is 12.2. The highest BCUT2D eigenvalue weighted by Gasteiger charge is 2.26. The van der Waals surface area contributed by atoms with Gasteiger partial charge in [-0.2, -0.15) is 0 Å². The van der Waals surface area contributed by atoms with Gasteiger partial charge in [0.25, 0.3) is 0 Å². The van der Waals surface area contributed by atoms with Gasteiger partial charge in [-0.3, -0.25) is 0 Å². The zero-order valence-electron chi connectivity index (χ0n) is 17.7. The van der Waals surface area contributed by atoms with E-state index in [2.05, 4.69) is 39.5 Å². The lowest BCUT2D eigenvalue weighted by molar-refractivity contribution is 0.331. The van der Waals surface area contributed by atoms with E-state index in [0.717, 1.165) is 13.7 Å². The van der Waals surface area contributed by atoms with E-state index in [0.29, 0.717) is 38.5 Å². The molecule has 162 valence electrons. The van der Waals surface area contributed by atoms with E-state index in [9.17, 15) is 14.4 Å². The van der Waals surface area contributed by atoms with Gasteiger partial charge in [0, 0.05) is 0 Å². The molecule has 1 aromatic rings. The van der Waals surface area contributed by atoms with Crippen LogP contribution < -0.4 is 17.1 Å². The minimum Gasteiger partial charge on any atom is -0.247 e. The third-order valence-corrected chi connectivity index (χ3v) is 4.96. The maximum absolute atomic E-state index is 13.4. The fourth-order valence-electron chi connectivity index (χ4n) is 3.61. The fourth-order valence-corrected chi connectivity index (χ4v) is 3.61. The predicted molar refractivity (Wildman–Crippen MR) is 125 cm³/mol. The van der Waals surface area contributed by atoms with Crippen LogP contribution in [-0.4, -0.2) is 13.7 Å². The fraction of sp³-hybridized carbons (Fsp3) is 0.375. The van der Waals surface area contributed by atoms with Crippen molar-refractivity contribution in [2.45, 2.75) is 56.7 Å². The minimum atomic E-state index is -0.639. The van der Waals surface area contributed by atoms with Crippen molar-refractivity contribution in [2.24, 2.45) is 0 Å². The van der Waals surface area contributed by atoms with Crippen LogP contribution in [0.5, 0.6) is 0 Å². The highest BCUT2D eigenvalue weighted by Crippen LogP contribution is 2.18. The van der Waals surface area contributed by atoms with Crippen molar-refractivity contribution < 1.29 is 0 Å². The number of hydrogen-bond donors (Lipinski definition) is 0. The van der Waals surface area contributed by atoms with E-state index in [4.69, 9.17) is 0 Å². The van der Waals surface area contributed by atoms with E-state index in [-0.39, 0.29) is 0 Å². The van der Waals surface area contributed by atoms with E-state index in [1.165, 1.54) is 0 Å². The summed E-state index contributed by atoms with van der Waals surface area (Å²) < 4.78 is 3.47. The summed E-state index contributed by atoms with van der Waals surface area (Å²) in [7, 11) is 0. The molecule has 1 aromatic heterocycles. The Kier molecular flexibility index (Phi) is 10.3. The molecule has 0 amide bonds. The number of nitrogens with zero attached hydrogens (tertiary/aromatic N) is 3. The average molecular weight is 412 g/mol. The second kappa shape index (κ2) is 12.4. The third-order valence-electron chi connectivity index (χ3n) is 4.96. The van der Waals surface area contributed by atoms with Crippen molar-refractivity contribution in [2.75, 3.05) is 0 Å². The highest BCUT2D eigenvalue weighted by molar-refractivity contribution is 4.96. The largest absolute Gasteiger partial charge is 0.336 e. The van der Waals surface area contributed by atoms with Crippen molar-refractivity contribution in [3.8, 4) is 0 Å². The molecule has 0 N–H and O–H groups in total. The number of allylic oxidation sites excluding steroid dienone is 6. The van der Waals surface area contributed by atoms with Gasteiger partial charge in [0.15, 0.2) is 0 Å². The highest BCUT2D eigenvalue weighted by atomic mass is 16.2. The predicted octanol–water partition coefficient (Wildman–Crippen LogP) is 4.25. The maximum atomic E-state index is 13.4. The molecule has 0 fully saturated rings.